The minimum atomic E-state index is 0. The second-order valence-corrected chi connectivity index (χ2v) is 1.37. The van der Waals surface area contributed by atoms with Gasteiger partial charge in [-0.2, -0.15) is 0 Å². The van der Waals surface area contributed by atoms with Crippen LogP contribution in [-0.2, 0) is 0 Å². The molecule has 1 rings (SSSR count). The van der Waals surface area contributed by atoms with Crippen LogP contribution in [0.2, 0.25) is 5.15 Å². The van der Waals surface area contributed by atoms with Gasteiger partial charge in [0.1, 0.15) is 0 Å². The predicted octanol–water partition coefficient (Wildman–Crippen LogP) is -2.45. The van der Waals surface area contributed by atoms with Gasteiger partial charge in [0.05, 0.1) is 0 Å². The molecule has 0 aliphatic heterocycles. The maximum absolute atomic E-state index is 5.36. The van der Waals surface area contributed by atoms with Crippen LogP contribution in [0.5, 0.6) is 0 Å². The Morgan fingerprint density at radius 2 is 2.22 bits per heavy atom. The fraction of sp³-hybridized carbons (Fsp3) is 0. The van der Waals surface area contributed by atoms with E-state index >= 15 is 0 Å². The topological polar surface area (TPSA) is 25.8 Å². The van der Waals surface area contributed by atoms with Gasteiger partial charge in [0.15, 0.2) is 0 Å². The van der Waals surface area contributed by atoms with Gasteiger partial charge in [-0.05, 0) is 0 Å². The first-order valence-corrected chi connectivity index (χ1v) is 2.12. The summed E-state index contributed by atoms with van der Waals surface area (Å²) in [4.78, 5) is 7.03. The van der Waals surface area contributed by atoms with Crippen molar-refractivity contribution in [3.63, 3.8) is 0 Å². The zero-order chi connectivity index (χ0) is 5.11. The van der Waals surface area contributed by atoms with Crippen LogP contribution in [0.1, 0.15) is 0 Å². The van der Waals surface area contributed by atoms with Crippen LogP contribution >= 0.6 is 11.6 Å². The van der Waals surface area contributed by atoms with Crippen LogP contribution < -0.4 is 17.0 Å². The predicted molar refractivity (Wildman–Crippen MR) is 31.6 cm³/mol. The molecule has 0 atom stereocenters. The second-order valence-electron chi connectivity index (χ2n) is 0.979. The van der Waals surface area contributed by atoms with E-state index in [0.29, 0.717) is 5.15 Å². The van der Waals surface area contributed by atoms with Gasteiger partial charge in [0.25, 0.3) is 0 Å². The Bertz CT molecular complexity index is 148. The van der Waals surface area contributed by atoms with Crippen molar-refractivity contribution in [2.75, 3.05) is 0 Å². The van der Waals surface area contributed by atoms with E-state index in [9.17, 15) is 0 Å². The Balaban J connectivity index is 0. The average molecular weight is 218 g/mol. The number of rotatable bonds is 0. The molecule has 0 fully saturated rings. The van der Waals surface area contributed by atoms with Gasteiger partial charge in [0.2, 0.25) is 0 Å². The molecule has 0 radical (unpaired) electrons. The summed E-state index contributed by atoms with van der Waals surface area (Å²) in [7, 11) is 0. The number of hydrogen-bond donors (Lipinski definition) is 0. The average Bonchev–Trinajstić information content (AvgIpc) is 1.69. The summed E-state index contributed by atoms with van der Waals surface area (Å²) >= 11 is 5.36. The molecule has 0 aliphatic rings. The van der Waals surface area contributed by atoms with E-state index < -0.39 is 0 Å². The van der Waals surface area contributed by atoms with Gasteiger partial charge in [-0.15, -0.1) is 17.7 Å². The Morgan fingerprint density at radius 1 is 1.56 bits per heavy atom. The van der Waals surface area contributed by atoms with Gasteiger partial charge in [-0.25, -0.2) is 0 Å². The van der Waals surface area contributed by atoms with E-state index in [2.05, 4.69) is 16.3 Å². The summed E-state index contributed by atoms with van der Waals surface area (Å²) in [6, 6.07) is 1.60. The molecule has 9 heavy (non-hydrogen) atoms. The summed E-state index contributed by atoms with van der Waals surface area (Å²) in [5, 5.41) is 0.426. The van der Waals surface area contributed by atoms with E-state index in [1.54, 1.807) is 6.07 Å². The molecular weight excluding hydrogens is 216 g/mol. The quantitative estimate of drug-likeness (QED) is 0.274. The first-order valence-electron chi connectivity index (χ1n) is 1.74. The monoisotopic (exact) mass is 216 g/mol. The third-order valence-electron chi connectivity index (χ3n) is 0.501. The van der Waals surface area contributed by atoms with Gasteiger partial charge >= 0.3 is 23.1 Å². The fourth-order valence-electron chi connectivity index (χ4n) is 0.246. The van der Waals surface area contributed by atoms with Crippen molar-refractivity contribution >= 4 is 34.7 Å². The summed E-state index contributed by atoms with van der Waals surface area (Å²) in [6.07, 6.45) is 3.87. The molecule has 1 aromatic heterocycles. The van der Waals surface area contributed by atoms with Crippen molar-refractivity contribution in [1.29, 1.82) is 0 Å². The number of halogens is 2. The van der Waals surface area contributed by atoms with Crippen molar-refractivity contribution in [2.45, 2.75) is 0 Å². The smallest absolute Gasteiger partial charge is 1.00 e. The molecule has 1 aromatic rings. The van der Waals surface area contributed by atoms with E-state index in [1.165, 1.54) is 6.20 Å². The van der Waals surface area contributed by atoms with Crippen molar-refractivity contribution in [2.24, 2.45) is 0 Å². The Labute approximate surface area is 85.0 Å². The second kappa shape index (κ2) is 6.73. The van der Waals surface area contributed by atoms with Gasteiger partial charge in [-0.3, -0.25) is 0 Å². The Hall–Kier alpha value is 0.616. The third-order valence-corrected chi connectivity index (χ3v) is 0.712. The summed E-state index contributed by atoms with van der Waals surface area (Å²) in [5.41, 5.74) is 0. The minimum absolute atomic E-state index is 0. The maximum Gasteiger partial charge on any atom is 2.00 e. The van der Waals surface area contributed by atoms with E-state index in [0.717, 1.165) is 0 Å². The van der Waals surface area contributed by atoms with Crippen LogP contribution in [0.4, 0.5) is 0 Å². The first kappa shape index (κ1) is 12.3. The van der Waals surface area contributed by atoms with Crippen molar-refractivity contribution in [3.8, 4) is 0 Å². The van der Waals surface area contributed by atoms with Crippen LogP contribution in [0.3, 0.4) is 0 Å². The summed E-state index contributed by atoms with van der Waals surface area (Å²) < 4.78 is 0. The van der Waals surface area contributed by atoms with Gasteiger partial charge in [0, 0.05) is 11.5 Å². The molecule has 0 aliphatic carbocycles. The molecule has 1 heterocycles. The zero-order valence-electron chi connectivity index (χ0n) is 4.51. The van der Waals surface area contributed by atoms with Crippen LogP contribution in [-0.4, -0.2) is 33.0 Å². The molecule has 0 unspecified atom stereocenters. The molecule has 2 nitrogen and oxygen atoms in total. The maximum atomic E-state index is 5.36. The van der Waals surface area contributed by atoms with Crippen molar-refractivity contribution < 1.29 is 17.0 Å². The fourth-order valence-corrected chi connectivity index (χ4v) is 0.340. The molecule has 0 amide bonds. The standard InChI is InChI=1S/C4H2ClN2.BrH.Mg/c5-4-1-2-6-3-7-4;;/h1-2H;1H;/q-1;;+2/p-1. The molecular formula is C4H2BrClMgN2. The SMILES string of the molecule is Clc1ccn[c-]n1.[Br-].[Mg+2]. The molecule has 0 spiro atoms. The van der Waals surface area contributed by atoms with Gasteiger partial charge in [-0.1, -0.05) is 6.20 Å². The number of hydrogen-bond acceptors (Lipinski definition) is 2. The number of nitrogens with zero attached hydrogens (tertiary/aromatic N) is 2. The van der Waals surface area contributed by atoms with E-state index in [1.807, 2.05) is 0 Å². The molecule has 0 N–H and O–H groups in total. The normalized spacial score (nSPS) is 6.78. The molecule has 0 saturated heterocycles. The summed E-state index contributed by atoms with van der Waals surface area (Å²) in [6.45, 7) is 0. The summed E-state index contributed by atoms with van der Waals surface area (Å²) in [5.74, 6) is 0. The van der Waals surface area contributed by atoms with E-state index in [-0.39, 0.29) is 40.0 Å². The number of aromatic nitrogens is 2. The largest absolute Gasteiger partial charge is 2.00 e. The van der Waals surface area contributed by atoms with Crippen LogP contribution in [0, 0.1) is 6.33 Å². The van der Waals surface area contributed by atoms with Gasteiger partial charge < -0.3 is 26.9 Å². The van der Waals surface area contributed by atoms with Crippen LogP contribution in [0.15, 0.2) is 12.3 Å². The van der Waals surface area contributed by atoms with Crippen molar-refractivity contribution in [1.82, 2.24) is 9.97 Å². The molecule has 44 valence electrons. The van der Waals surface area contributed by atoms with E-state index in [4.69, 9.17) is 11.6 Å². The zero-order valence-corrected chi connectivity index (χ0v) is 8.27. The molecule has 0 bridgehead atoms. The minimum Gasteiger partial charge on any atom is -1.00 e. The first-order chi connectivity index (χ1) is 3.39. The third kappa shape index (κ3) is 5.08. The van der Waals surface area contributed by atoms with Crippen molar-refractivity contribution in [3.05, 3.63) is 23.7 Å². The molecule has 0 saturated carbocycles. The van der Waals surface area contributed by atoms with Crippen LogP contribution in [0.25, 0.3) is 0 Å². The molecule has 0 aromatic carbocycles. The molecule has 5 heteroatoms. The Morgan fingerprint density at radius 3 is 2.44 bits per heavy atom. The Kier molecular flexibility index (Phi) is 9.21.